The standard InChI is InChI=1S/C27H50O3.C11H20O/c1-4-5-6-7-8-9-10-11-12-13-14-15-16-17-18-19-22-29-26(28)23-20-21-24-25(30-24)27(23,2)3;1-7-5-8(11(2,3)4)6-9-10(7)12-9/h23-25H,4-22H2,1-3H3;7-10H,5-6H2,1-4H3. The molecule has 2 aliphatic heterocycles. The summed E-state index contributed by atoms with van der Waals surface area (Å²) >= 11 is 0. The summed E-state index contributed by atoms with van der Waals surface area (Å²) in [5.41, 5.74) is 0.416. The zero-order chi connectivity index (χ0) is 30.6. The highest BCUT2D eigenvalue weighted by molar-refractivity contribution is 5.73. The first-order valence-corrected chi connectivity index (χ1v) is 18.5. The Morgan fingerprint density at radius 3 is 1.76 bits per heavy atom. The van der Waals surface area contributed by atoms with Gasteiger partial charge in [0.25, 0.3) is 0 Å². The lowest BCUT2D eigenvalue weighted by molar-refractivity contribution is -0.154. The number of epoxide rings is 2. The monoisotopic (exact) mass is 591 g/mol. The molecule has 0 bridgehead atoms. The van der Waals surface area contributed by atoms with E-state index in [4.69, 9.17) is 14.2 Å². The maximum absolute atomic E-state index is 12.5. The molecule has 2 saturated carbocycles. The smallest absolute Gasteiger partial charge is 0.309 e. The highest BCUT2D eigenvalue weighted by Gasteiger charge is 2.58. The molecular formula is C38H70O4. The Labute approximate surface area is 261 Å². The van der Waals surface area contributed by atoms with Gasteiger partial charge < -0.3 is 14.2 Å². The summed E-state index contributed by atoms with van der Waals surface area (Å²) in [4.78, 5) is 12.5. The van der Waals surface area contributed by atoms with Crippen LogP contribution >= 0.6 is 0 Å². The molecule has 2 heterocycles. The molecule has 0 radical (unpaired) electrons. The van der Waals surface area contributed by atoms with E-state index in [1.54, 1.807) is 0 Å². The summed E-state index contributed by atoms with van der Waals surface area (Å²) in [7, 11) is 0. The predicted octanol–water partition coefficient (Wildman–Crippen LogP) is 10.8. The number of esters is 1. The molecule has 4 heteroatoms. The molecule has 42 heavy (non-hydrogen) atoms. The van der Waals surface area contributed by atoms with E-state index in [1.807, 2.05) is 0 Å². The van der Waals surface area contributed by atoms with Crippen molar-refractivity contribution >= 4 is 5.97 Å². The summed E-state index contributed by atoms with van der Waals surface area (Å²) in [5.74, 6) is 1.70. The largest absolute Gasteiger partial charge is 0.465 e. The maximum atomic E-state index is 12.5. The van der Waals surface area contributed by atoms with E-state index >= 15 is 0 Å². The predicted molar refractivity (Wildman–Crippen MR) is 176 cm³/mol. The van der Waals surface area contributed by atoms with Gasteiger partial charge in [-0.15, -0.1) is 0 Å². The van der Waals surface area contributed by atoms with E-state index in [0.717, 1.165) is 31.1 Å². The molecule has 0 N–H and O–H groups in total. The molecule has 246 valence electrons. The second-order valence-corrected chi connectivity index (χ2v) is 16.2. The third-order valence-corrected chi connectivity index (χ3v) is 11.1. The average Bonchev–Trinajstić information content (AvgIpc) is 3.85. The number of carbonyl (C=O) groups is 1. The van der Waals surface area contributed by atoms with Gasteiger partial charge >= 0.3 is 5.97 Å². The van der Waals surface area contributed by atoms with Crippen molar-refractivity contribution in [1.82, 2.24) is 0 Å². The van der Waals surface area contributed by atoms with Crippen LogP contribution in [0.25, 0.3) is 0 Å². The van der Waals surface area contributed by atoms with Crippen LogP contribution in [0.1, 0.15) is 177 Å². The summed E-state index contributed by atoms with van der Waals surface area (Å²) in [6.07, 6.45) is 28.4. The van der Waals surface area contributed by atoms with Gasteiger partial charge in [-0.1, -0.05) is 145 Å². The minimum atomic E-state index is -0.0609. The summed E-state index contributed by atoms with van der Waals surface area (Å²) in [5, 5.41) is 0. The minimum Gasteiger partial charge on any atom is -0.465 e. The van der Waals surface area contributed by atoms with Gasteiger partial charge in [0, 0.05) is 5.41 Å². The van der Waals surface area contributed by atoms with E-state index in [9.17, 15) is 4.79 Å². The molecule has 4 rings (SSSR count). The van der Waals surface area contributed by atoms with E-state index in [0.29, 0.717) is 30.3 Å². The van der Waals surface area contributed by atoms with E-state index in [1.165, 1.54) is 109 Å². The molecule has 2 aliphatic carbocycles. The van der Waals surface area contributed by atoms with Crippen molar-refractivity contribution in [2.24, 2.45) is 28.6 Å². The molecule has 0 aromatic rings. The van der Waals surface area contributed by atoms with Crippen LogP contribution in [0.2, 0.25) is 0 Å². The van der Waals surface area contributed by atoms with Crippen molar-refractivity contribution in [2.75, 3.05) is 6.61 Å². The fraction of sp³-hybridized carbons (Fsp3) is 0.974. The first-order valence-electron chi connectivity index (χ1n) is 18.5. The molecule has 4 aliphatic rings. The lowest BCUT2D eigenvalue weighted by Crippen LogP contribution is -2.40. The minimum absolute atomic E-state index is 0.00918. The van der Waals surface area contributed by atoms with Crippen molar-refractivity contribution in [3.05, 3.63) is 0 Å². The van der Waals surface area contributed by atoms with Crippen LogP contribution in [-0.4, -0.2) is 37.0 Å². The highest BCUT2D eigenvalue weighted by atomic mass is 16.6. The SMILES string of the molecule is CC1CC(C(C)(C)C)CC2OC12.CCCCCCCCCCCCCCCCCCOC(=O)C1CCC2OC2C1(C)C. The van der Waals surface area contributed by atoms with Crippen LogP contribution < -0.4 is 0 Å². The fourth-order valence-electron chi connectivity index (χ4n) is 7.78. The van der Waals surface area contributed by atoms with Crippen LogP contribution in [0.4, 0.5) is 0 Å². The van der Waals surface area contributed by atoms with Gasteiger partial charge in [0.15, 0.2) is 0 Å². The molecular weight excluding hydrogens is 520 g/mol. The first kappa shape index (κ1) is 35.9. The second-order valence-electron chi connectivity index (χ2n) is 16.2. The van der Waals surface area contributed by atoms with Crippen molar-refractivity contribution in [3.8, 4) is 0 Å². The molecule has 4 fully saturated rings. The van der Waals surface area contributed by atoms with Crippen LogP contribution in [0.15, 0.2) is 0 Å². The second kappa shape index (κ2) is 17.8. The van der Waals surface area contributed by atoms with Crippen molar-refractivity contribution in [1.29, 1.82) is 0 Å². The third kappa shape index (κ3) is 12.1. The number of ether oxygens (including phenoxy) is 3. The van der Waals surface area contributed by atoms with E-state index in [2.05, 4.69) is 48.5 Å². The maximum Gasteiger partial charge on any atom is 0.309 e. The van der Waals surface area contributed by atoms with Crippen molar-refractivity contribution in [2.45, 2.75) is 201 Å². The Balaban J connectivity index is 0.000000332. The van der Waals surface area contributed by atoms with Crippen LogP contribution in [0, 0.1) is 28.6 Å². The first-order chi connectivity index (χ1) is 20.1. The lowest BCUT2D eigenvalue weighted by atomic mass is 9.69. The topological polar surface area (TPSA) is 51.4 Å². The molecule has 2 saturated heterocycles. The van der Waals surface area contributed by atoms with Crippen LogP contribution in [0.5, 0.6) is 0 Å². The summed E-state index contributed by atoms with van der Waals surface area (Å²) in [6.45, 7) is 16.6. The number of carbonyl (C=O) groups excluding carboxylic acids is 1. The molecule has 0 aromatic heterocycles. The Hall–Kier alpha value is -0.610. The molecule has 0 spiro atoms. The van der Waals surface area contributed by atoms with Gasteiger partial charge in [0.2, 0.25) is 0 Å². The van der Waals surface area contributed by atoms with Gasteiger partial charge in [-0.05, 0) is 49.4 Å². The summed E-state index contributed by atoms with van der Waals surface area (Å²) < 4.78 is 16.9. The Kier molecular flexibility index (Phi) is 15.2. The molecule has 0 aromatic carbocycles. The lowest BCUT2D eigenvalue weighted by Gasteiger charge is -2.34. The molecule has 7 atom stereocenters. The van der Waals surface area contributed by atoms with Gasteiger partial charge in [-0.2, -0.15) is 0 Å². The Bertz CT molecular complexity index is 755. The fourth-order valence-corrected chi connectivity index (χ4v) is 7.78. The van der Waals surface area contributed by atoms with E-state index in [-0.39, 0.29) is 23.4 Å². The molecule has 4 nitrogen and oxygen atoms in total. The normalized spacial score (nSPS) is 30.9. The number of unbranched alkanes of at least 4 members (excludes halogenated alkanes) is 15. The van der Waals surface area contributed by atoms with Crippen molar-refractivity contribution < 1.29 is 19.0 Å². The number of hydrogen-bond acceptors (Lipinski definition) is 4. The zero-order valence-electron chi connectivity index (χ0n) is 29.0. The molecule has 7 unspecified atom stereocenters. The quantitative estimate of drug-likeness (QED) is 0.0905. The summed E-state index contributed by atoms with van der Waals surface area (Å²) in [6, 6.07) is 0. The van der Waals surface area contributed by atoms with Gasteiger partial charge in [-0.3, -0.25) is 4.79 Å². The number of fused-ring (bicyclic) bond motifs is 2. The Morgan fingerprint density at radius 2 is 1.26 bits per heavy atom. The van der Waals surface area contributed by atoms with Gasteiger partial charge in [0.05, 0.1) is 36.9 Å². The van der Waals surface area contributed by atoms with E-state index < -0.39 is 0 Å². The Morgan fingerprint density at radius 1 is 0.738 bits per heavy atom. The third-order valence-electron chi connectivity index (χ3n) is 11.1. The zero-order valence-corrected chi connectivity index (χ0v) is 29.0. The van der Waals surface area contributed by atoms with Gasteiger partial charge in [0.1, 0.15) is 0 Å². The number of hydrogen-bond donors (Lipinski definition) is 0. The molecule has 0 amide bonds. The van der Waals surface area contributed by atoms with Crippen LogP contribution in [0.3, 0.4) is 0 Å². The average molecular weight is 591 g/mol. The van der Waals surface area contributed by atoms with Crippen LogP contribution in [-0.2, 0) is 19.0 Å². The highest BCUT2D eigenvalue weighted by Crippen LogP contribution is 2.52. The van der Waals surface area contributed by atoms with Gasteiger partial charge in [-0.25, -0.2) is 0 Å². The number of rotatable bonds is 18. The van der Waals surface area contributed by atoms with Crippen molar-refractivity contribution in [3.63, 3.8) is 0 Å².